The van der Waals surface area contributed by atoms with Gasteiger partial charge in [-0.2, -0.15) is 0 Å². The average Bonchev–Trinajstić information content (AvgIpc) is 3.16. The van der Waals surface area contributed by atoms with Crippen molar-refractivity contribution in [1.29, 1.82) is 0 Å². The van der Waals surface area contributed by atoms with Crippen LogP contribution in [0.25, 0.3) is 22.5 Å². The number of benzene rings is 2. The van der Waals surface area contributed by atoms with Crippen LogP contribution in [0.2, 0.25) is 5.02 Å². The van der Waals surface area contributed by atoms with E-state index in [2.05, 4.69) is 15.1 Å². The first-order valence-electron chi connectivity index (χ1n) is 9.36. The lowest BCUT2D eigenvalue weighted by molar-refractivity contribution is -0.116. The van der Waals surface area contributed by atoms with E-state index in [4.69, 9.17) is 16.1 Å². The largest absolute Gasteiger partial charge is 0.336 e. The van der Waals surface area contributed by atoms with Crippen LogP contribution < -0.4 is 4.90 Å². The maximum absolute atomic E-state index is 12.7. The van der Waals surface area contributed by atoms with Crippen molar-refractivity contribution in [1.82, 2.24) is 15.1 Å². The van der Waals surface area contributed by atoms with Crippen molar-refractivity contribution in [2.75, 3.05) is 4.90 Å². The summed E-state index contributed by atoms with van der Waals surface area (Å²) in [6.07, 6.45) is 3.09. The molecule has 0 N–H and O–H groups in total. The quantitative estimate of drug-likeness (QED) is 0.421. The maximum Gasteiger partial charge on any atom is 0.248 e. The number of rotatable bonds is 4. The first kappa shape index (κ1) is 19.8. The Labute approximate surface area is 179 Å². The molecular weight excluding hydrogens is 400 g/mol. The molecule has 0 aliphatic heterocycles. The zero-order valence-electron chi connectivity index (χ0n) is 16.8. The van der Waals surface area contributed by atoms with E-state index in [-0.39, 0.29) is 11.8 Å². The van der Waals surface area contributed by atoms with Gasteiger partial charge in [0.05, 0.1) is 22.0 Å². The molecule has 0 atom stereocenters. The van der Waals surface area contributed by atoms with E-state index < -0.39 is 0 Å². The second kappa shape index (κ2) is 8.08. The highest BCUT2D eigenvalue weighted by atomic mass is 35.5. The molecule has 30 heavy (non-hydrogen) atoms. The lowest BCUT2D eigenvalue weighted by Gasteiger charge is -2.20. The van der Waals surface area contributed by atoms with Crippen molar-refractivity contribution in [3.05, 3.63) is 77.2 Å². The summed E-state index contributed by atoms with van der Waals surface area (Å²) in [7, 11) is 0. The summed E-state index contributed by atoms with van der Waals surface area (Å²) in [6.45, 7) is 5.47. The lowest BCUT2D eigenvalue weighted by atomic mass is 9.98. The van der Waals surface area contributed by atoms with Crippen LogP contribution in [0.1, 0.15) is 18.1 Å². The molecule has 0 radical (unpaired) electrons. The van der Waals surface area contributed by atoms with Crippen molar-refractivity contribution < 1.29 is 9.32 Å². The number of amides is 1. The average molecular weight is 419 g/mol. The molecule has 0 saturated carbocycles. The highest BCUT2D eigenvalue weighted by Crippen LogP contribution is 2.43. The van der Waals surface area contributed by atoms with Crippen molar-refractivity contribution in [2.45, 2.75) is 20.8 Å². The van der Waals surface area contributed by atoms with E-state index in [1.165, 1.54) is 18.2 Å². The molecular formula is C23H19ClN4O2. The maximum atomic E-state index is 12.7. The van der Waals surface area contributed by atoms with Crippen LogP contribution in [0.3, 0.4) is 0 Å². The first-order chi connectivity index (χ1) is 14.5. The van der Waals surface area contributed by atoms with E-state index >= 15 is 0 Å². The van der Waals surface area contributed by atoms with E-state index in [1.807, 2.05) is 38.1 Å². The van der Waals surface area contributed by atoms with Gasteiger partial charge in [0.15, 0.2) is 0 Å². The lowest BCUT2D eigenvalue weighted by Crippen LogP contribution is -2.23. The number of aryl methyl sites for hydroxylation is 2. The number of carbonyl (C=O) groups is 1. The van der Waals surface area contributed by atoms with Gasteiger partial charge >= 0.3 is 0 Å². The molecule has 0 bridgehead atoms. The van der Waals surface area contributed by atoms with Crippen LogP contribution >= 0.6 is 11.6 Å². The molecule has 0 saturated heterocycles. The molecule has 2 heterocycles. The fourth-order valence-corrected chi connectivity index (χ4v) is 3.55. The molecule has 0 spiro atoms. The zero-order valence-corrected chi connectivity index (χ0v) is 17.5. The minimum absolute atomic E-state index is 0.255. The van der Waals surface area contributed by atoms with Gasteiger partial charge in [0.25, 0.3) is 0 Å². The number of para-hydroxylation sites is 1. The SMILES string of the molecule is CC(=O)N(c1ccccc1Cl)c1onc(-c2cc(C)ccc2C)c1-c1ccncn1. The molecule has 4 rings (SSSR count). The topological polar surface area (TPSA) is 72.1 Å². The Balaban J connectivity index is 2.01. The summed E-state index contributed by atoms with van der Waals surface area (Å²) in [5, 5.41) is 4.77. The molecule has 0 aliphatic rings. The van der Waals surface area contributed by atoms with Crippen LogP contribution in [0.5, 0.6) is 0 Å². The number of hydrogen-bond donors (Lipinski definition) is 0. The smallest absolute Gasteiger partial charge is 0.248 e. The minimum Gasteiger partial charge on any atom is -0.336 e. The Bertz CT molecular complexity index is 1220. The predicted octanol–water partition coefficient (Wildman–Crippen LogP) is 5.75. The van der Waals surface area contributed by atoms with Gasteiger partial charge in [-0.1, -0.05) is 46.6 Å². The van der Waals surface area contributed by atoms with E-state index in [0.717, 1.165) is 16.7 Å². The Kier molecular flexibility index (Phi) is 5.33. The number of hydrogen-bond acceptors (Lipinski definition) is 5. The minimum atomic E-state index is -0.262. The molecule has 0 unspecified atom stereocenters. The van der Waals surface area contributed by atoms with Gasteiger partial charge in [-0.05, 0) is 43.7 Å². The number of anilines is 2. The molecule has 1 amide bonds. The highest BCUT2D eigenvalue weighted by molar-refractivity contribution is 6.34. The number of halogens is 1. The molecule has 150 valence electrons. The van der Waals surface area contributed by atoms with Crippen LogP contribution in [-0.4, -0.2) is 21.0 Å². The van der Waals surface area contributed by atoms with Crippen molar-refractivity contribution in [2.24, 2.45) is 0 Å². The Hall–Kier alpha value is -3.51. The third-order valence-electron chi connectivity index (χ3n) is 4.77. The van der Waals surface area contributed by atoms with Crippen LogP contribution in [0.15, 0.2) is 65.6 Å². The van der Waals surface area contributed by atoms with E-state index in [9.17, 15) is 4.79 Å². The van der Waals surface area contributed by atoms with Crippen LogP contribution in [0.4, 0.5) is 11.6 Å². The molecule has 4 aromatic rings. The third-order valence-corrected chi connectivity index (χ3v) is 5.09. The van der Waals surface area contributed by atoms with Crippen molar-refractivity contribution in [3.8, 4) is 22.5 Å². The van der Waals surface area contributed by atoms with Gasteiger partial charge in [-0.3, -0.25) is 4.79 Å². The van der Waals surface area contributed by atoms with E-state index in [0.29, 0.717) is 27.7 Å². The zero-order chi connectivity index (χ0) is 21.3. The molecule has 6 nitrogen and oxygen atoms in total. The summed E-state index contributed by atoms with van der Waals surface area (Å²) in [5.41, 5.74) is 5.32. The van der Waals surface area contributed by atoms with Gasteiger partial charge in [-0.25, -0.2) is 14.9 Å². The van der Waals surface area contributed by atoms with Crippen LogP contribution in [-0.2, 0) is 4.79 Å². The monoisotopic (exact) mass is 418 g/mol. The second-order valence-electron chi connectivity index (χ2n) is 6.93. The second-order valence-corrected chi connectivity index (χ2v) is 7.34. The standard InChI is InChI=1S/C23H19ClN4O2/c1-14-8-9-15(2)17(12-14)22-21(19-10-11-25-13-26-19)23(30-27-22)28(16(3)29)20-7-5-4-6-18(20)24/h4-13H,1-3H3. The summed E-state index contributed by atoms with van der Waals surface area (Å²) in [6, 6.07) is 15.0. The number of aromatic nitrogens is 3. The Morgan fingerprint density at radius 3 is 2.60 bits per heavy atom. The number of nitrogens with zero attached hydrogens (tertiary/aromatic N) is 4. The van der Waals surface area contributed by atoms with Gasteiger partial charge in [0.1, 0.15) is 12.0 Å². The van der Waals surface area contributed by atoms with Crippen molar-refractivity contribution >= 4 is 29.1 Å². The Morgan fingerprint density at radius 2 is 1.90 bits per heavy atom. The summed E-state index contributed by atoms with van der Waals surface area (Å²) >= 11 is 6.40. The van der Waals surface area contributed by atoms with E-state index in [1.54, 1.807) is 30.5 Å². The third kappa shape index (κ3) is 3.57. The summed E-state index contributed by atoms with van der Waals surface area (Å²) in [5.74, 6) is -0.00715. The van der Waals surface area contributed by atoms with Gasteiger partial charge in [0.2, 0.25) is 11.8 Å². The van der Waals surface area contributed by atoms with Gasteiger partial charge < -0.3 is 4.52 Å². The molecule has 0 aliphatic carbocycles. The predicted molar refractivity (Wildman–Crippen MR) is 117 cm³/mol. The fourth-order valence-electron chi connectivity index (χ4n) is 3.33. The van der Waals surface area contributed by atoms with Crippen LogP contribution in [0, 0.1) is 13.8 Å². The highest BCUT2D eigenvalue weighted by Gasteiger charge is 2.29. The first-order valence-corrected chi connectivity index (χ1v) is 9.74. The molecule has 2 aromatic heterocycles. The number of carbonyl (C=O) groups excluding carboxylic acids is 1. The van der Waals surface area contributed by atoms with Gasteiger partial charge in [-0.15, -0.1) is 0 Å². The summed E-state index contributed by atoms with van der Waals surface area (Å²) in [4.78, 5) is 22.5. The Morgan fingerprint density at radius 1 is 1.10 bits per heavy atom. The summed E-state index contributed by atoms with van der Waals surface area (Å²) < 4.78 is 5.77. The normalized spacial score (nSPS) is 10.8. The molecule has 2 aromatic carbocycles. The molecule has 7 heteroatoms. The molecule has 0 fully saturated rings. The van der Waals surface area contributed by atoms with Gasteiger partial charge in [0, 0.05) is 18.7 Å². The fraction of sp³-hybridized carbons (Fsp3) is 0.130. The van der Waals surface area contributed by atoms with Crippen molar-refractivity contribution in [3.63, 3.8) is 0 Å².